The molecule has 1 N–H and O–H groups in total. The van der Waals surface area contributed by atoms with E-state index in [1.807, 2.05) is 24.5 Å². The van der Waals surface area contributed by atoms with Crippen molar-refractivity contribution >= 4 is 11.3 Å². The van der Waals surface area contributed by atoms with Crippen LogP contribution < -0.4 is 5.32 Å². The minimum absolute atomic E-state index is 0.846. The predicted molar refractivity (Wildman–Crippen MR) is 74.6 cm³/mol. The van der Waals surface area contributed by atoms with E-state index in [1.165, 1.54) is 30.9 Å². The summed E-state index contributed by atoms with van der Waals surface area (Å²) in [7, 11) is 0. The van der Waals surface area contributed by atoms with Crippen LogP contribution in [0.1, 0.15) is 17.8 Å². The SMILES string of the molecule is c1cc(-c2csc(CCC3CCNC3)n2)ccn1. The molecule has 0 aliphatic carbocycles. The lowest BCUT2D eigenvalue weighted by Crippen LogP contribution is -2.09. The number of thiazole rings is 1. The average Bonchev–Trinajstić information content (AvgIpc) is 3.09. The number of hydrogen-bond acceptors (Lipinski definition) is 4. The van der Waals surface area contributed by atoms with Gasteiger partial charge in [0, 0.05) is 23.3 Å². The summed E-state index contributed by atoms with van der Waals surface area (Å²) in [5.41, 5.74) is 2.25. The van der Waals surface area contributed by atoms with Crippen LogP contribution in [0, 0.1) is 5.92 Å². The second-order valence-corrected chi connectivity index (χ2v) is 5.70. The van der Waals surface area contributed by atoms with Gasteiger partial charge in [0.05, 0.1) is 10.7 Å². The molecule has 0 bridgehead atoms. The number of aromatic nitrogens is 2. The molecular weight excluding hydrogens is 242 g/mol. The average molecular weight is 259 g/mol. The van der Waals surface area contributed by atoms with Crippen LogP contribution >= 0.6 is 11.3 Å². The Morgan fingerprint density at radius 2 is 2.22 bits per heavy atom. The van der Waals surface area contributed by atoms with Crippen molar-refractivity contribution in [3.05, 3.63) is 34.9 Å². The summed E-state index contributed by atoms with van der Waals surface area (Å²) in [6.07, 6.45) is 7.33. The van der Waals surface area contributed by atoms with Crippen molar-refractivity contribution < 1.29 is 0 Å². The molecule has 1 aliphatic heterocycles. The van der Waals surface area contributed by atoms with Crippen molar-refractivity contribution in [2.24, 2.45) is 5.92 Å². The van der Waals surface area contributed by atoms with Gasteiger partial charge in [0.1, 0.15) is 0 Å². The second kappa shape index (κ2) is 5.59. The summed E-state index contributed by atoms with van der Waals surface area (Å²) in [5.74, 6) is 0.846. The molecule has 1 atom stereocenters. The van der Waals surface area contributed by atoms with Crippen molar-refractivity contribution in [3.8, 4) is 11.3 Å². The molecule has 3 heterocycles. The molecule has 18 heavy (non-hydrogen) atoms. The van der Waals surface area contributed by atoms with Crippen LogP contribution in [0.2, 0.25) is 0 Å². The molecule has 0 aromatic carbocycles. The molecule has 1 aliphatic rings. The van der Waals surface area contributed by atoms with Gasteiger partial charge >= 0.3 is 0 Å². The number of aryl methyl sites for hydroxylation is 1. The minimum atomic E-state index is 0.846. The van der Waals surface area contributed by atoms with Gasteiger partial charge in [-0.1, -0.05) is 0 Å². The lowest BCUT2D eigenvalue weighted by atomic mass is 10.0. The lowest BCUT2D eigenvalue weighted by molar-refractivity contribution is 0.532. The Morgan fingerprint density at radius 3 is 3.00 bits per heavy atom. The fraction of sp³-hybridized carbons (Fsp3) is 0.429. The third kappa shape index (κ3) is 2.76. The molecule has 2 aromatic heterocycles. The van der Waals surface area contributed by atoms with Gasteiger partial charge in [0.2, 0.25) is 0 Å². The van der Waals surface area contributed by atoms with Crippen molar-refractivity contribution in [1.82, 2.24) is 15.3 Å². The highest BCUT2D eigenvalue weighted by molar-refractivity contribution is 7.09. The van der Waals surface area contributed by atoms with Crippen molar-refractivity contribution in [3.63, 3.8) is 0 Å². The van der Waals surface area contributed by atoms with E-state index in [-0.39, 0.29) is 0 Å². The summed E-state index contributed by atoms with van der Waals surface area (Å²) in [4.78, 5) is 8.75. The first kappa shape index (κ1) is 11.8. The predicted octanol–water partition coefficient (Wildman–Crippen LogP) is 2.75. The smallest absolute Gasteiger partial charge is 0.0932 e. The molecule has 0 saturated carbocycles. The van der Waals surface area contributed by atoms with E-state index in [0.29, 0.717) is 0 Å². The highest BCUT2D eigenvalue weighted by Crippen LogP contribution is 2.23. The molecule has 0 amide bonds. The van der Waals surface area contributed by atoms with E-state index in [0.717, 1.165) is 23.6 Å². The molecule has 94 valence electrons. The van der Waals surface area contributed by atoms with Crippen LogP contribution in [0.4, 0.5) is 0 Å². The van der Waals surface area contributed by atoms with Crippen molar-refractivity contribution in [1.29, 1.82) is 0 Å². The zero-order valence-corrected chi connectivity index (χ0v) is 11.1. The number of nitrogens with zero attached hydrogens (tertiary/aromatic N) is 2. The van der Waals surface area contributed by atoms with Crippen LogP contribution in [-0.2, 0) is 6.42 Å². The third-order valence-corrected chi connectivity index (χ3v) is 4.37. The molecule has 3 nitrogen and oxygen atoms in total. The van der Waals surface area contributed by atoms with E-state index in [4.69, 9.17) is 4.98 Å². The van der Waals surface area contributed by atoms with Gasteiger partial charge in [-0.2, -0.15) is 0 Å². The highest BCUT2D eigenvalue weighted by Gasteiger charge is 2.15. The summed E-state index contributed by atoms with van der Waals surface area (Å²) < 4.78 is 0. The van der Waals surface area contributed by atoms with Crippen LogP contribution in [-0.4, -0.2) is 23.1 Å². The maximum atomic E-state index is 4.71. The Labute approximate surface area is 111 Å². The quantitative estimate of drug-likeness (QED) is 0.917. The van der Waals surface area contributed by atoms with E-state index in [9.17, 15) is 0 Å². The van der Waals surface area contributed by atoms with E-state index in [2.05, 4.69) is 15.7 Å². The molecule has 4 heteroatoms. The summed E-state index contributed by atoms with van der Waals surface area (Å²) >= 11 is 1.78. The van der Waals surface area contributed by atoms with E-state index in [1.54, 1.807) is 11.3 Å². The Bertz CT molecular complexity index is 489. The second-order valence-electron chi connectivity index (χ2n) is 4.76. The zero-order chi connectivity index (χ0) is 12.2. The summed E-state index contributed by atoms with van der Waals surface area (Å²) in [6.45, 7) is 2.37. The van der Waals surface area contributed by atoms with Crippen LogP contribution in [0.15, 0.2) is 29.9 Å². The first-order chi connectivity index (χ1) is 8.92. The standard InChI is InChI=1S/C14H17N3S/c1(11-3-6-16-9-11)2-14-17-13(10-18-14)12-4-7-15-8-5-12/h4-5,7-8,10-11,16H,1-3,6,9H2. The first-order valence-corrected chi connectivity index (χ1v) is 7.35. The van der Waals surface area contributed by atoms with E-state index >= 15 is 0 Å². The molecule has 1 saturated heterocycles. The Kier molecular flexibility index (Phi) is 3.67. The summed E-state index contributed by atoms with van der Waals surface area (Å²) in [5, 5.41) is 6.82. The monoisotopic (exact) mass is 259 g/mol. The molecular formula is C14H17N3S. The molecule has 3 rings (SSSR count). The van der Waals surface area contributed by atoms with E-state index < -0.39 is 0 Å². The van der Waals surface area contributed by atoms with Crippen molar-refractivity contribution in [2.75, 3.05) is 13.1 Å². The topological polar surface area (TPSA) is 37.8 Å². The Balaban J connectivity index is 1.63. The molecule has 0 spiro atoms. The molecule has 1 unspecified atom stereocenters. The van der Waals surface area contributed by atoms with Gasteiger partial charge in [-0.15, -0.1) is 11.3 Å². The lowest BCUT2D eigenvalue weighted by Gasteiger charge is -2.05. The molecule has 1 fully saturated rings. The van der Waals surface area contributed by atoms with Crippen LogP contribution in [0.25, 0.3) is 11.3 Å². The normalized spacial score (nSPS) is 19.2. The number of nitrogens with one attached hydrogen (secondary N) is 1. The number of rotatable bonds is 4. The molecule has 0 radical (unpaired) electrons. The van der Waals surface area contributed by atoms with Gasteiger partial charge < -0.3 is 5.32 Å². The van der Waals surface area contributed by atoms with Gasteiger partial charge in [0.15, 0.2) is 0 Å². The summed E-state index contributed by atoms with van der Waals surface area (Å²) in [6, 6.07) is 4.03. The minimum Gasteiger partial charge on any atom is -0.316 e. The van der Waals surface area contributed by atoms with Gasteiger partial charge in [-0.05, 0) is 50.4 Å². The Morgan fingerprint density at radius 1 is 1.33 bits per heavy atom. The maximum Gasteiger partial charge on any atom is 0.0932 e. The van der Waals surface area contributed by atoms with Crippen molar-refractivity contribution in [2.45, 2.75) is 19.3 Å². The fourth-order valence-electron chi connectivity index (χ4n) is 2.37. The Hall–Kier alpha value is -1.26. The van der Waals surface area contributed by atoms with Crippen LogP contribution in [0.5, 0.6) is 0 Å². The number of pyridine rings is 1. The highest BCUT2D eigenvalue weighted by atomic mass is 32.1. The first-order valence-electron chi connectivity index (χ1n) is 6.47. The fourth-order valence-corrected chi connectivity index (χ4v) is 3.19. The van der Waals surface area contributed by atoms with Gasteiger partial charge in [0.25, 0.3) is 0 Å². The van der Waals surface area contributed by atoms with Gasteiger partial charge in [-0.25, -0.2) is 4.98 Å². The maximum absolute atomic E-state index is 4.71. The van der Waals surface area contributed by atoms with Gasteiger partial charge in [-0.3, -0.25) is 4.98 Å². The molecule has 2 aromatic rings. The number of hydrogen-bond donors (Lipinski definition) is 1. The largest absolute Gasteiger partial charge is 0.316 e. The zero-order valence-electron chi connectivity index (χ0n) is 10.3. The van der Waals surface area contributed by atoms with Crippen LogP contribution in [0.3, 0.4) is 0 Å². The third-order valence-electron chi connectivity index (χ3n) is 3.46.